The molecule has 1 heterocycles. The molecule has 0 radical (unpaired) electrons. The molecule has 1 rings (SSSR count). The van der Waals surface area contributed by atoms with E-state index < -0.39 is 0 Å². The van der Waals surface area contributed by atoms with Gasteiger partial charge in [-0.1, -0.05) is 13.3 Å². The van der Waals surface area contributed by atoms with Gasteiger partial charge in [0.2, 0.25) is 0 Å². The molecule has 0 fully saturated rings. The van der Waals surface area contributed by atoms with Crippen molar-refractivity contribution in [2.45, 2.75) is 32.7 Å². The van der Waals surface area contributed by atoms with Crippen molar-refractivity contribution in [2.24, 2.45) is 0 Å². The third-order valence-corrected chi connectivity index (χ3v) is 3.77. The molecule has 1 aromatic heterocycles. The van der Waals surface area contributed by atoms with Crippen molar-refractivity contribution in [3.8, 4) is 0 Å². The van der Waals surface area contributed by atoms with Crippen molar-refractivity contribution in [1.82, 2.24) is 4.98 Å². The number of anilines is 1. The highest BCUT2D eigenvalue weighted by Gasteiger charge is 2.11. The van der Waals surface area contributed by atoms with Gasteiger partial charge in [-0.15, -0.1) is 11.3 Å². The lowest BCUT2D eigenvalue weighted by molar-refractivity contribution is 0.615. The molecule has 13 heavy (non-hydrogen) atoms. The van der Waals surface area contributed by atoms with Gasteiger partial charge in [-0.3, -0.25) is 0 Å². The first-order valence-corrected chi connectivity index (χ1v) is 6.16. The maximum atomic E-state index is 4.38. The maximum absolute atomic E-state index is 4.38. The summed E-state index contributed by atoms with van der Waals surface area (Å²) in [6, 6.07) is 0.572. The second kappa shape index (κ2) is 4.96. The van der Waals surface area contributed by atoms with Crippen LogP contribution in [0.4, 0.5) is 5.13 Å². The molecule has 1 unspecified atom stereocenters. The zero-order chi connectivity index (χ0) is 9.84. The molecule has 0 saturated heterocycles. The standard InChI is InChI=1S/C9H15BrN2S/c1-4-5-7(2)12(3)9-11-8(10)6-13-9/h6-7H,4-5H2,1-3H3. The first-order valence-electron chi connectivity index (χ1n) is 4.49. The number of aromatic nitrogens is 1. The molecule has 0 amide bonds. The number of hydrogen-bond acceptors (Lipinski definition) is 3. The van der Waals surface area contributed by atoms with E-state index in [-0.39, 0.29) is 0 Å². The summed E-state index contributed by atoms with van der Waals surface area (Å²) in [5.41, 5.74) is 0. The number of thiazole rings is 1. The molecule has 0 aromatic carbocycles. The van der Waals surface area contributed by atoms with Crippen LogP contribution in [-0.4, -0.2) is 18.1 Å². The fourth-order valence-corrected chi connectivity index (χ4v) is 2.53. The molecule has 0 bridgehead atoms. The summed E-state index contributed by atoms with van der Waals surface area (Å²) in [6.07, 6.45) is 2.44. The summed E-state index contributed by atoms with van der Waals surface area (Å²) < 4.78 is 0.933. The average molecular weight is 263 g/mol. The number of hydrogen-bond donors (Lipinski definition) is 0. The van der Waals surface area contributed by atoms with Gasteiger partial charge in [-0.25, -0.2) is 4.98 Å². The van der Waals surface area contributed by atoms with Crippen LogP contribution in [0.25, 0.3) is 0 Å². The van der Waals surface area contributed by atoms with E-state index in [0.717, 1.165) is 9.73 Å². The fraction of sp³-hybridized carbons (Fsp3) is 0.667. The van der Waals surface area contributed by atoms with Gasteiger partial charge in [0.05, 0.1) is 0 Å². The summed E-state index contributed by atoms with van der Waals surface area (Å²) >= 11 is 5.04. The SMILES string of the molecule is CCCC(C)N(C)c1nc(Br)cs1. The minimum absolute atomic E-state index is 0.572. The Balaban J connectivity index is 2.61. The molecule has 74 valence electrons. The molecule has 0 aliphatic carbocycles. The number of nitrogens with zero attached hydrogens (tertiary/aromatic N) is 2. The van der Waals surface area contributed by atoms with Gasteiger partial charge >= 0.3 is 0 Å². The first kappa shape index (κ1) is 11.0. The van der Waals surface area contributed by atoms with Crippen LogP contribution >= 0.6 is 27.3 Å². The lowest BCUT2D eigenvalue weighted by atomic mass is 10.2. The fourth-order valence-electron chi connectivity index (χ4n) is 1.21. The van der Waals surface area contributed by atoms with E-state index in [4.69, 9.17) is 0 Å². The van der Waals surface area contributed by atoms with Gasteiger partial charge in [0.25, 0.3) is 0 Å². The van der Waals surface area contributed by atoms with Gasteiger partial charge in [0.1, 0.15) is 4.60 Å². The van der Waals surface area contributed by atoms with Crippen LogP contribution < -0.4 is 4.90 Å². The Morgan fingerprint density at radius 1 is 1.69 bits per heavy atom. The van der Waals surface area contributed by atoms with Gasteiger partial charge in [0.15, 0.2) is 5.13 Å². The largest absolute Gasteiger partial charge is 0.348 e. The highest BCUT2D eigenvalue weighted by Crippen LogP contribution is 2.24. The second-order valence-electron chi connectivity index (χ2n) is 3.20. The van der Waals surface area contributed by atoms with E-state index >= 15 is 0 Å². The van der Waals surface area contributed by atoms with E-state index in [1.54, 1.807) is 11.3 Å². The third kappa shape index (κ3) is 2.95. The summed E-state index contributed by atoms with van der Waals surface area (Å²) in [5.74, 6) is 0. The third-order valence-electron chi connectivity index (χ3n) is 2.13. The molecule has 4 heteroatoms. The Labute approximate surface area is 92.1 Å². The van der Waals surface area contributed by atoms with Crippen molar-refractivity contribution in [3.05, 3.63) is 9.98 Å². The van der Waals surface area contributed by atoms with Gasteiger partial charge in [-0.2, -0.15) is 0 Å². The Hall–Kier alpha value is -0.0900. The zero-order valence-electron chi connectivity index (χ0n) is 8.25. The molecule has 0 N–H and O–H groups in total. The lowest BCUT2D eigenvalue weighted by Crippen LogP contribution is -2.28. The zero-order valence-corrected chi connectivity index (χ0v) is 10.7. The van der Waals surface area contributed by atoms with Gasteiger partial charge in [0, 0.05) is 18.5 Å². The molecular weight excluding hydrogens is 248 g/mol. The molecule has 1 atom stereocenters. The first-order chi connectivity index (χ1) is 6.15. The molecule has 0 aliphatic rings. The Kier molecular flexibility index (Phi) is 4.19. The molecule has 0 aliphatic heterocycles. The van der Waals surface area contributed by atoms with Crippen molar-refractivity contribution < 1.29 is 0 Å². The van der Waals surface area contributed by atoms with Crippen molar-refractivity contribution in [2.75, 3.05) is 11.9 Å². The predicted molar refractivity (Wildman–Crippen MR) is 62.6 cm³/mol. The Bertz CT molecular complexity index is 262. The van der Waals surface area contributed by atoms with E-state index in [1.807, 2.05) is 5.38 Å². The van der Waals surface area contributed by atoms with Crippen LogP contribution in [0.2, 0.25) is 0 Å². The normalized spacial score (nSPS) is 12.9. The Morgan fingerprint density at radius 2 is 2.38 bits per heavy atom. The van der Waals surface area contributed by atoms with E-state index in [1.165, 1.54) is 12.8 Å². The van der Waals surface area contributed by atoms with Crippen LogP contribution in [0.3, 0.4) is 0 Å². The summed E-state index contributed by atoms with van der Waals surface area (Å²) in [4.78, 5) is 6.61. The highest BCUT2D eigenvalue weighted by atomic mass is 79.9. The van der Waals surface area contributed by atoms with E-state index in [9.17, 15) is 0 Å². The van der Waals surface area contributed by atoms with Crippen LogP contribution in [0.5, 0.6) is 0 Å². The number of rotatable bonds is 4. The van der Waals surface area contributed by atoms with Gasteiger partial charge < -0.3 is 4.90 Å². The quantitative estimate of drug-likeness (QED) is 0.826. The monoisotopic (exact) mass is 262 g/mol. The summed E-state index contributed by atoms with van der Waals surface area (Å²) in [5, 5.41) is 3.11. The Morgan fingerprint density at radius 3 is 2.85 bits per heavy atom. The van der Waals surface area contributed by atoms with E-state index in [0.29, 0.717) is 6.04 Å². The number of halogens is 1. The minimum atomic E-state index is 0.572. The molecular formula is C9H15BrN2S. The van der Waals surface area contributed by atoms with Crippen molar-refractivity contribution in [3.63, 3.8) is 0 Å². The van der Waals surface area contributed by atoms with Crippen molar-refractivity contribution >= 4 is 32.4 Å². The van der Waals surface area contributed by atoms with Crippen LogP contribution in [-0.2, 0) is 0 Å². The molecule has 2 nitrogen and oxygen atoms in total. The van der Waals surface area contributed by atoms with Crippen LogP contribution in [0.1, 0.15) is 26.7 Å². The van der Waals surface area contributed by atoms with Crippen molar-refractivity contribution in [1.29, 1.82) is 0 Å². The lowest BCUT2D eigenvalue weighted by Gasteiger charge is -2.23. The molecule has 0 saturated carbocycles. The van der Waals surface area contributed by atoms with Crippen LogP contribution in [0, 0.1) is 0 Å². The van der Waals surface area contributed by atoms with Crippen LogP contribution in [0.15, 0.2) is 9.98 Å². The second-order valence-corrected chi connectivity index (χ2v) is 4.85. The minimum Gasteiger partial charge on any atom is -0.348 e. The summed E-state index contributed by atoms with van der Waals surface area (Å²) in [6.45, 7) is 4.45. The highest BCUT2D eigenvalue weighted by molar-refractivity contribution is 9.10. The molecule has 1 aromatic rings. The predicted octanol–water partition coefficient (Wildman–Crippen LogP) is 3.53. The van der Waals surface area contributed by atoms with E-state index in [2.05, 4.69) is 46.7 Å². The maximum Gasteiger partial charge on any atom is 0.186 e. The summed E-state index contributed by atoms with van der Waals surface area (Å²) in [7, 11) is 2.10. The smallest absolute Gasteiger partial charge is 0.186 e. The van der Waals surface area contributed by atoms with Gasteiger partial charge in [-0.05, 0) is 29.3 Å². The molecule has 0 spiro atoms. The average Bonchev–Trinajstić information content (AvgIpc) is 2.51. The topological polar surface area (TPSA) is 16.1 Å².